The standard InChI is InChI=1S/C46H32N2O/c1-5-15-36(16-6-1)47(37-17-7-2-8-18-37)40-26-24-33(25-27-40)35-30-34-14-13-23-43-42-29-28-41(32-44(42)49-45(31-35)46(34)43)48(38-19-9-3-10-20-38)39-21-11-4-12-22-39/h1-32H. The fraction of sp³-hybridized carbons (Fsp3) is 0. The summed E-state index contributed by atoms with van der Waals surface area (Å²) < 4.78 is 6.82. The van der Waals surface area contributed by atoms with Crippen LogP contribution in [0.3, 0.4) is 0 Å². The first-order valence-corrected chi connectivity index (χ1v) is 16.6. The Morgan fingerprint density at radius 1 is 0.306 bits per heavy atom. The van der Waals surface area contributed by atoms with Gasteiger partial charge in [-0.25, -0.2) is 0 Å². The summed E-state index contributed by atoms with van der Waals surface area (Å²) in [7, 11) is 0. The van der Waals surface area contributed by atoms with E-state index in [4.69, 9.17) is 4.74 Å². The summed E-state index contributed by atoms with van der Waals surface area (Å²) in [6.07, 6.45) is 0. The maximum Gasteiger partial charge on any atom is 0.137 e. The molecule has 232 valence electrons. The van der Waals surface area contributed by atoms with Crippen LogP contribution in [-0.2, 0) is 0 Å². The van der Waals surface area contributed by atoms with Crippen molar-refractivity contribution in [3.05, 3.63) is 194 Å². The van der Waals surface area contributed by atoms with Gasteiger partial charge in [-0.15, -0.1) is 0 Å². The summed E-state index contributed by atoms with van der Waals surface area (Å²) in [6, 6.07) is 68.3. The van der Waals surface area contributed by atoms with Gasteiger partial charge in [0.1, 0.15) is 11.5 Å². The van der Waals surface area contributed by atoms with E-state index in [9.17, 15) is 0 Å². The minimum atomic E-state index is 0.850. The fourth-order valence-electron chi connectivity index (χ4n) is 6.94. The molecule has 0 bridgehead atoms. The molecule has 0 aliphatic carbocycles. The van der Waals surface area contributed by atoms with Crippen molar-refractivity contribution in [1.82, 2.24) is 0 Å². The van der Waals surface area contributed by atoms with Crippen LogP contribution in [0.5, 0.6) is 11.5 Å². The number of fused-ring (bicyclic) bond motifs is 2. The zero-order valence-corrected chi connectivity index (χ0v) is 26.8. The Hall–Kier alpha value is -6.58. The number of nitrogens with zero attached hydrogens (tertiary/aromatic N) is 2. The van der Waals surface area contributed by atoms with Crippen molar-refractivity contribution in [3.8, 4) is 33.8 Å². The van der Waals surface area contributed by atoms with Gasteiger partial charge in [-0.05, 0) is 107 Å². The Bertz CT molecular complexity index is 2310. The summed E-state index contributed by atoms with van der Waals surface area (Å²) in [4.78, 5) is 4.55. The Labute approximate surface area is 286 Å². The molecule has 0 spiro atoms. The second-order valence-electron chi connectivity index (χ2n) is 12.2. The molecule has 3 heteroatoms. The molecule has 0 unspecified atom stereocenters. The van der Waals surface area contributed by atoms with Crippen LogP contribution in [0.25, 0.3) is 33.0 Å². The van der Waals surface area contributed by atoms with Crippen LogP contribution < -0.4 is 14.5 Å². The van der Waals surface area contributed by atoms with Crippen molar-refractivity contribution in [2.75, 3.05) is 9.80 Å². The first-order valence-electron chi connectivity index (χ1n) is 16.6. The molecule has 9 rings (SSSR count). The lowest BCUT2D eigenvalue weighted by atomic mass is 9.92. The predicted molar refractivity (Wildman–Crippen MR) is 204 cm³/mol. The smallest absolute Gasteiger partial charge is 0.137 e. The van der Waals surface area contributed by atoms with E-state index in [1.54, 1.807) is 0 Å². The lowest BCUT2D eigenvalue weighted by molar-refractivity contribution is 0.487. The average Bonchev–Trinajstić information content (AvgIpc) is 3.17. The van der Waals surface area contributed by atoms with Crippen LogP contribution in [0.4, 0.5) is 34.1 Å². The highest BCUT2D eigenvalue weighted by Gasteiger charge is 2.23. The highest BCUT2D eigenvalue weighted by molar-refractivity contribution is 6.06. The van der Waals surface area contributed by atoms with Gasteiger partial charge in [-0.2, -0.15) is 0 Å². The molecular formula is C46H32N2O. The van der Waals surface area contributed by atoms with Crippen molar-refractivity contribution >= 4 is 44.9 Å². The van der Waals surface area contributed by atoms with Crippen molar-refractivity contribution in [1.29, 1.82) is 0 Å². The van der Waals surface area contributed by atoms with Gasteiger partial charge in [0.2, 0.25) is 0 Å². The third-order valence-electron chi connectivity index (χ3n) is 9.19. The maximum atomic E-state index is 6.82. The van der Waals surface area contributed by atoms with Gasteiger partial charge >= 0.3 is 0 Å². The molecule has 0 saturated heterocycles. The van der Waals surface area contributed by atoms with Gasteiger partial charge < -0.3 is 14.5 Å². The molecule has 3 nitrogen and oxygen atoms in total. The van der Waals surface area contributed by atoms with Crippen LogP contribution in [0.1, 0.15) is 0 Å². The number of para-hydroxylation sites is 4. The Kier molecular flexibility index (Phi) is 7.14. The van der Waals surface area contributed by atoms with Crippen LogP contribution in [0, 0.1) is 0 Å². The molecule has 1 aliphatic heterocycles. The third-order valence-corrected chi connectivity index (χ3v) is 9.19. The highest BCUT2D eigenvalue weighted by atomic mass is 16.5. The first-order chi connectivity index (χ1) is 24.3. The third kappa shape index (κ3) is 5.28. The zero-order valence-electron chi connectivity index (χ0n) is 26.8. The lowest BCUT2D eigenvalue weighted by Gasteiger charge is -2.28. The molecule has 0 amide bonds. The number of anilines is 6. The summed E-state index contributed by atoms with van der Waals surface area (Å²) in [5.74, 6) is 1.72. The molecule has 0 atom stereocenters. The van der Waals surface area contributed by atoms with E-state index in [-0.39, 0.29) is 0 Å². The topological polar surface area (TPSA) is 15.7 Å². The van der Waals surface area contributed by atoms with Gasteiger partial charge in [0, 0.05) is 51.1 Å². The van der Waals surface area contributed by atoms with Crippen molar-refractivity contribution in [2.45, 2.75) is 0 Å². The number of ether oxygens (including phenoxy) is 1. The Morgan fingerprint density at radius 2 is 0.796 bits per heavy atom. The maximum absolute atomic E-state index is 6.82. The van der Waals surface area contributed by atoms with E-state index in [0.29, 0.717) is 0 Å². The normalized spacial score (nSPS) is 11.4. The number of rotatable bonds is 7. The quantitative estimate of drug-likeness (QED) is 0.175. The molecule has 49 heavy (non-hydrogen) atoms. The van der Waals surface area contributed by atoms with E-state index in [0.717, 1.165) is 73.1 Å². The molecule has 0 aromatic heterocycles. The molecule has 0 radical (unpaired) electrons. The summed E-state index contributed by atoms with van der Waals surface area (Å²) in [5, 5.41) is 2.31. The number of hydrogen-bond acceptors (Lipinski definition) is 3. The number of benzene rings is 8. The molecule has 8 aromatic rings. The molecule has 1 heterocycles. The van der Waals surface area contributed by atoms with Crippen LogP contribution in [0.2, 0.25) is 0 Å². The van der Waals surface area contributed by atoms with Gasteiger partial charge in [0.15, 0.2) is 0 Å². The van der Waals surface area contributed by atoms with Gasteiger partial charge in [-0.3, -0.25) is 0 Å². The Balaban J connectivity index is 1.10. The van der Waals surface area contributed by atoms with Crippen LogP contribution in [-0.4, -0.2) is 0 Å². The zero-order chi connectivity index (χ0) is 32.6. The molecule has 0 N–H and O–H groups in total. The largest absolute Gasteiger partial charge is 0.456 e. The Morgan fingerprint density at radius 3 is 1.35 bits per heavy atom. The monoisotopic (exact) mass is 628 g/mol. The van der Waals surface area contributed by atoms with Crippen LogP contribution in [0.15, 0.2) is 194 Å². The molecule has 0 saturated carbocycles. The lowest BCUT2D eigenvalue weighted by Crippen LogP contribution is -2.10. The SMILES string of the molecule is c1ccc(N(c2ccccc2)c2ccc(-c3cc4c5c(cccc5c3)-c3ccc(N(c5ccccc5)c5ccccc5)cc3O4)cc2)cc1. The summed E-state index contributed by atoms with van der Waals surface area (Å²) in [6.45, 7) is 0. The van der Waals surface area contributed by atoms with Gasteiger partial charge in [-0.1, -0.05) is 103 Å². The van der Waals surface area contributed by atoms with E-state index < -0.39 is 0 Å². The van der Waals surface area contributed by atoms with Gasteiger partial charge in [0.05, 0.1) is 0 Å². The van der Waals surface area contributed by atoms with E-state index >= 15 is 0 Å². The van der Waals surface area contributed by atoms with E-state index in [2.05, 4.69) is 192 Å². The minimum absolute atomic E-state index is 0.850. The van der Waals surface area contributed by atoms with Crippen molar-refractivity contribution < 1.29 is 4.74 Å². The molecule has 1 aliphatic rings. The fourth-order valence-corrected chi connectivity index (χ4v) is 6.94. The molecular weight excluding hydrogens is 597 g/mol. The number of hydrogen-bond donors (Lipinski definition) is 0. The highest BCUT2D eigenvalue weighted by Crippen LogP contribution is 2.50. The molecule has 0 fully saturated rings. The second kappa shape index (κ2) is 12.2. The van der Waals surface area contributed by atoms with E-state index in [1.807, 2.05) is 12.1 Å². The summed E-state index contributed by atoms with van der Waals surface area (Å²) in [5.41, 5.74) is 11.1. The van der Waals surface area contributed by atoms with Crippen molar-refractivity contribution in [3.63, 3.8) is 0 Å². The predicted octanol–water partition coefficient (Wildman–Crippen LogP) is 13.2. The summed E-state index contributed by atoms with van der Waals surface area (Å²) >= 11 is 0. The van der Waals surface area contributed by atoms with Crippen molar-refractivity contribution in [2.24, 2.45) is 0 Å². The minimum Gasteiger partial charge on any atom is -0.456 e. The van der Waals surface area contributed by atoms with Crippen LogP contribution >= 0.6 is 0 Å². The van der Waals surface area contributed by atoms with Gasteiger partial charge in [0.25, 0.3) is 0 Å². The van der Waals surface area contributed by atoms with E-state index in [1.165, 1.54) is 5.56 Å². The second-order valence-corrected chi connectivity index (χ2v) is 12.2. The average molecular weight is 629 g/mol. The molecule has 8 aromatic carbocycles. The first kappa shape index (κ1) is 28.6.